The molecule has 0 radical (unpaired) electrons. The average Bonchev–Trinajstić information content (AvgIpc) is 3.00. The molecule has 1 aromatic carbocycles. The molecule has 0 amide bonds. The third kappa shape index (κ3) is 1.72. The second kappa shape index (κ2) is 4.07. The van der Waals surface area contributed by atoms with E-state index in [2.05, 4.69) is 0 Å². The number of carboxylic acid groups (broad SMARTS) is 1. The summed E-state index contributed by atoms with van der Waals surface area (Å²) in [6.07, 6.45) is 1.06. The molecule has 3 atom stereocenters. The van der Waals surface area contributed by atoms with Crippen molar-refractivity contribution < 1.29 is 18.3 Å². The number of nitrogens with two attached hydrogens (primary N) is 1. The zero-order valence-electron chi connectivity index (χ0n) is 9.91. The summed E-state index contributed by atoms with van der Waals surface area (Å²) in [5.41, 5.74) is 4.87. The number of carbonyl (C=O) groups is 1. The van der Waals surface area contributed by atoms with Crippen molar-refractivity contribution >= 4 is 15.8 Å². The van der Waals surface area contributed by atoms with Gasteiger partial charge < -0.3 is 10.8 Å². The van der Waals surface area contributed by atoms with Gasteiger partial charge in [0.1, 0.15) is 5.41 Å². The Bertz CT molecular complexity index is 569. The third-order valence-electron chi connectivity index (χ3n) is 3.61. The molecule has 1 fully saturated rings. The van der Waals surface area contributed by atoms with E-state index in [0.29, 0.717) is 5.56 Å². The number of hydrogen-bond acceptors (Lipinski definition) is 4. The second-order valence-corrected chi connectivity index (χ2v) is 6.86. The van der Waals surface area contributed by atoms with Crippen molar-refractivity contribution in [3.8, 4) is 0 Å². The summed E-state index contributed by atoms with van der Waals surface area (Å²) >= 11 is 0. The van der Waals surface area contributed by atoms with Gasteiger partial charge in [0, 0.05) is 18.7 Å². The van der Waals surface area contributed by atoms with Gasteiger partial charge in [0.05, 0.1) is 5.25 Å². The Hall–Kier alpha value is -1.40. The molecule has 3 N–H and O–H groups in total. The number of sulfone groups is 1. The molecule has 18 heavy (non-hydrogen) atoms. The van der Waals surface area contributed by atoms with Gasteiger partial charge in [0.2, 0.25) is 0 Å². The zero-order chi connectivity index (χ0) is 13.6. The highest BCUT2D eigenvalue weighted by Gasteiger charge is 2.74. The lowest BCUT2D eigenvalue weighted by molar-refractivity contribution is -0.143. The van der Waals surface area contributed by atoms with E-state index in [9.17, 15) is 18.3 Å². The van der Waals surface area contributed by atoms with E-state index in [1.54, 1.807) is 30.3 Å². The maximum absolute atomic E-state index is 11.7. The van der Waals surface area contributed by atoms with Gasteiger partial charge in [-0.15, -0.1) is 0 Å². The first-order valence-electron chi connectivity index (χ1n) is 5.53. The highest BCUT2D eigenvalue weighted by molar-refractivity contribution is 7.91. The van der Waals surface area contributed by atoms with Crippen molar-refractivity contribution in [2.75, 3.05) is 12.8 Å². The van der Waals surface area contributed by atoms with Crippen molar-refractivity contribution in [3.63, 3.8) is 0 Å². The van der Waals surface area contributed by atoms with Crippen LogP contribution >= 0.6 is 0 Å². The van der Waals surface area contributed by atoms with Gasteiger partial charge in [0.15, 0.2) is 9.84 Å². The molecule has 1 aliphatic rings. The number of carboxylic acids is 1. The van der Waals surface area contributed by atoms with E-state index in [0.717, 1.165) is 6.26 Å². The molecule has 6 heteroatoms. The molecule has 2 rings (SSSR count). The van der Waals surface area contributed by atoms with E-state index < -0.39 is 32.4 Å². The molecular weight excluding hydrogens is 254 g/mol. The largest absolute Gasteiger partial charge is 0.481 e. The number of benzene rings is 1. The number of hydrogen-bond donors (Lipinski definition) is 2. The summed E-state index contributed by atoms with van der Waals surface area (Å²) < 4.78 is 23.5. The standard InChI is InChI=1S/C12H15NO4S/c1-18(16,17)10-9(8-5-3-2-4-6-8)12(10,7-13)11(14)15/h2-6,9-10H,7,13H2,1H3,(H,14,15)/t9-,10-,12-/m1/s1. The summed E-state index contributed by atoms with van der Waals surface area (Å²) in [6, 6.07) is 8.80. The van der Waals surface area contributed by atoms with Gasteiger partial charge in [-0.05, 0) is 5.56 Å². The Morgan fingerprint density at radius 1 is 1.39 bits per heavy atom. The van der Waals surface area contributed by atoms with Crippen molar-refractivity contribution in [1.82, 2.24) is 0 Å². The Balaban J connectivity index is 2.51. The summed E-state index contributed by atoms with van der Waals surface area (Å²) in [4.78, 5) is 11.4. The lowest BCUT2D eigenvalue weighted by Gasteiger charge is -2.08. The fourth-order valence-electron chi connectivity index (χ4n) is 2.75. The zero-order valence-corrected chi connectivity index (χ0v) is 10.7. The van der Waals surface area contributed by atoms with Gasteiger partial charge >= 0.3 is 5.97 Å². The van der Waals surface area contributed by atoms with Crippen LogP contribution in [-0.2, 0) is 14.6 Å². The Morgan fingerprint density at radius 2 is 1.94 bits per heavy atom. The lowest BCUT2D eigenvalue weighted by atomic mass is 9.99. The highest BCUT2D eigenvalue weighted by atomic mass is 32.2. The predicted molar refractivity (Wildman–Crippen MR) is 66.9 cm³/mol. The molecule has 1 aliphatic carbocycles. The van der Waals surface area contributed by atoms with Crippen LogP contribution in [0.15, 0.2) is 30.3 Å². The second-order valence-electron chi connectivity index (χ2n) is 4.69. The van der Waals surface area contributed by atoms with Crippen LogP contribution in [-0.4, -0.2) is 37.5 Å². The first-order valence-corrected chi connectivity index (χ1v) is 7.48. The fraction of sp³-hybridized carbons (Fsp3) is 0.417. The molecule has 98 valence electrons. The van der Waals surface area contributed by atoms with E-state index in [-0.39, 0.29) is 6.54 Å². The molecule has 0 saturated heterocycles. The fourth-order valence-corrected chi connectivity index (χ4v) is 4.68. The maximum atomic E-state index is 11.7. The number of aliphatic carboxylic acids is 1. The highest BCUT2D eigenvalue weighted by Crippen LogP contribution is 2.62. The number of rotatable bonds is 4. The molecular formula is C12H15NO4S. The molecule has 0 unspecified atom stereocenters. The first kappa shape index (κ1) is 13.0. The molecule has 5 nitrogen and oxygen atoms in total. The van der Waals surface area contributed by atoms with E-state index in [4.69, 9.17) is 5.73 Å². The smallest absolute Gasteiger partial charge is 0.312 e. The van der Waals surface area contributed by atoms with E-state index >= 15 is 0 Å². The monoisotopic (exact) mass is 269 g/mol. The van der Waals surface area contributed by atoms with Crippen LogP contribution in [0.1, 0.15) is 11.5 Å². The molecule has 0 aromatic heterocycles. The summed E-state index contributed by atoms with van der Waals surface area (Å²) in [5, 5.41) is 8.39. The molecule has 1 aromatic rings. The molecule has 0 aliphatic heterocycles. The molecule has 0 spiro atoms. The minimum atomic E-state index is -3.45. The molecule has 0 bridgehead atoms. The third-order valence-corrected chi connectivity index (χ3v) is 5.23. The van der Waals surface area contributed by atoms with Crippen LogP contribution in [0.4, 0.5) is 0 Å². The minimum absolute atomic E-state index is 0.181. The molecule has 1 saturated carbocycles. The summed E-state index contributed by atoms with van der Waals surface area (Å²) in [6.45, 7) is -0.181. The van der Waals surface area contributed by atoms with E-state index in [1.807, 2.05) is 0 Å². The minimum Gasteiger partial charge on any atom is -0.481 e. The van der Waals surface area contributed by atoms with Gasteiger partial charge in [-0.3, -0.25) is 4.79 Å². The van der Waals surface area contributed by atoms with Crippen LogP contribution in [0.3, 0.4) is 0 Å². The first-order chi connectivity index (χ1) is 8.35. The lowest BCUT2D eigenvalue weighted by Crippen LogP contribution is -2.31. The predicted octanol–water partition coefficient (Wildman–Crippen LogP) is 0.227. The van der Waals surface area contributed by atoms with Gasteiger partial charge in [0.25, 0.3) is 0 Å². The van der Waals surface area contributed by atoms with Crippen LogP contribution in [0.2, 0.25) is 0 Å². The van der Waals surface area contributed by atoms with Crippen molar-refractivity contribution in [3.05, 3.63) is 35.9 Å². The Labute approximate surface area is 106 Å². The summed E-state index contributed by atoms with van der Waals surface area (Å²) in [5.74, 6) is -1.70. The average molecular weight is 269 g/mol. The Kier molecular flexibility index (Phi) is 2.95. The van der Waals surface area contributed by atoms with Crippen molar-refractivity contribution in [2.45, 2.75) is 11.2 Å². The SMILES string of the molecule is CS(=O)(=O)[C@@H]1[C@@H](c2ccccc2)[C@@]1(CN)C(=O)O. The van der Waals surface area contributed by atoms with Gasteiger partial charge in [-0.25, -0.2) is 8.42 Å². The van der Waals surface area contributed by atoms with Crippen LogP contribution < -0.4 is 5.73 Å². The van der Waals surface area contributed by atoms with Crippen LogP contribution in [0.5, 0.6) is 0 Å². The quantitative estimate of drug-likeness (QED) is 0.815. The van der Waals surface area contributed by atoms with Gasteiger partial charge in [-0.1, -0.05) is 30.3 Å². The van der Waals surface area contributed by atoms with Crippen molar-refractivity contribution in [2.24, 2.45) is 11.1 Å². The van der Waals surface area contributed by atoms with Gasteiger partial charge in [-0.2, -0.15) is 0 Å². The van der Waals surface area contributed by atoms with Crippen molar-refractivity contribution in [1.29, 1.82) is 0 Å². The van der Waals surface area contributed by atoms with Crippen LogP contribution in [0.25, 0.3) is 0 Å². The Morgan fingerprint density at radius 3 is 2.28 bits per heavy atom. The topological polar surface area (TPSA) is 97.5 Å². The molecule has 0 heterocycles. The normalized spacial score (nSPS) is 31.0. The maximum Gasteiger partial charge on any atom is 0.312 e. The summed E-state index contributed by atoms with van der Waals surface area (Å²) in [7, 11) is -3.45. The van der Waals surface area contributed by atoms with E-state index in [1.165, 1.54) is 0 Å². The van der Waals surface area contributed by atoms with Crippen LogP contribution in [0, 0.1) is 5.41 Å².